The maximum atomic E-state index is 12.3. The molecule has 0 unspecified atom stereocenters. The second-order valence-electron chi connectivity index (χ2n) is 4.62. The van der Waals surface area contributed by atoms with Crippen molar-refractivity contribution in [2.24, 2.45) is 0 Å². The molecule has 1 amide bonds. The first-order valence-corrected chi connectivity index (χ1v) is 9.05. The Balaban J connectivity index is 2.42. The predicted molar refractivity (Wildman–Crippen MR) is 89.5 cm³/mol. The Morgan fingerprint density at radius 2 is 2.18 bits per heavy atom. The predicted octanol–water partition coefficient (Wildman–Crippen LogP) is 4.59. The smallest absolute Gasteiger partial charge is 0.387 e. The van der Waals surface area contributed by atoms with Gasteiger partial charge in [-0.05, 0) is 30.4 Å². The molecule has 124 valence electrons. The number of hydrogen-bond donors (Lipinski definition) is 1. The van der Waals surface area contributed by atoms with Crippen molar-refractivity contribution in [3.8, 4) is 5.75 Å². The van der Waals surface area contributed by atoms with Crippen LogP contribution < -0.4 is 10.1 Å². The van der Waals surface area contributed by atoms with Gasteiger partial charge in [-0.25, -0.2) is 0 Å². The summed E-state index contributed by atoms with van der Waals surface area (Å²) in [6, 6.07) is 4.74. The molecule has 0 aliphatic rings. The summed E-state index contributed by atoms with van der Waals surface area (Å²) in [4.78, 5) is 11.7. The highest BCUT2D eigenvalue weighted by Crippen LogP contribution is 2.24. The average Bonchev–Trinajstić information content (AvgIpc) is 2.47. The molecule has 1 rings (SSSR count). The number of rotatable bonds is 10. The van der Waals surface area contributed by atoms with Gasteiger partial charge in [0, 0.05) is 28.8 Å². The summed E-state index contributed by atoms with van der Waals surface area (Å²) in [6.07, 6.45) is 2.72. The van der Waals surface area contributed by atoms with Crippen LogP contribution in [0.5, 0.6) is 5.75 Å². The second kappa shape index (κ2) is 10.8. The molecule has 1 N–H and O–H groups in total. The molecule has 0 aliphatic carbocycles. The highest BCUT2D eigenvalue weighted by atomic mass is 79.9. The number of benzene rings is 1. The fourth-order valence-corrected chi connectivity index (χ4v) is 3.13. The topological polar surface area (TPSA) is 38.3 Å². The Morgan fingerprint density at radius 3 is 2.86 bits per heavy atom. The SMILES string of the molecule is CCCCSCCC(=O)NCc1cc(Br)ccc1OC(F)F. The van der Waals surface area contributed by atoms with E-state index < -0.39 is 6.61 Å². The van der Waals surface area contributed by atoms with Crippen LogP contribution in [0.1, 0.15) is 31.7 Å². The molecule has 0 atom stereocenters. The summed E-state index contributed by atoms with van der Waals surface area (Å²) in [6.45, 7) is -0.588. The van der Waals surface area contributed by atoms with E-state index in [1.54, 1.807) is 23.9 Å². The lowest BCUT2D eigenvalue weighted by atomic mass is 10.2. The Labute approximate surface area is 142 Å². The van der Waals surface area contributed by atoms with Crippen LogP contribution in [0.15, 0.2) is 22.7 Å². The zero-order valence-electron chi connectivity index (χ0n) is 12.4. The Kier molecular flexibility index (Phi) is 9.47. The van der Waals surface area contributed by atoms with Crippen LogP contribution in [-0.2, 0) is 11.3 Å². The summed E-state index contributed by atoms with van der Waals surface area (Å²) in [5.41, 5.74) is 0.515. The van der Waals surface area contributed by atoms with Crippen molar-refractivity contribution in [3.05, 3.63) is 28.2 Å². The zero-order valence-corrected chi connectivity index (χ0v) is 14.8. The van der Waals surface area contributed by atoms with Gasteiger partial charge < -0.3 is 10.1 Å². The van der Waals surface area contributed by atoms with Crippen LogP contribution in [0.2, 0.25) is 0 Å². The summed E-state index contributed by atoms with van der Waals surface area (Å²) < 4.78 is 29.9. The number of unbranched alkanes of at least 4 members (excludes halogenated alkanes) is 1. The van der Waals surface area contributed by atoms with E-state index >= 15 is 0 Å². The van der Waals surface area contributed by atoms with Gasteiger partial charge in [0.15, 0.2) is 0 Å². The lowest BCUT2D eigenvalue weighted by molar-refractivity contribution is -0.120. The molecular formula is C15H20BrF2NO2S. The fourth-order valence-electron chi connectivity index (χ4n) is 1.69. The van der Waals surface area contributed by atoms with Gasteiger partial charge in [-0.15, -0.1) is 0 Å². The first kappa shape index (κ1) is 19.2. The van der Waals surface area contributed by atoms with Gasteiger partial charge in [0.2, 0.25) is 5.91 Å². The van der Waals surface area contributed by atoms with E-state index in [9.17, 15) is 13.6 Å². The molecular weight excluding hydrogens is 376 g/mol. The van der Waals surface area contributed by atoms with Crippen LogP contribution in [0, 0.1) is 0 Å². The summed E-state index contributed by atoms with van der Waals surface area (Å²) in [7, 11) is 0. The molecule has 0 spiro atoms. The lowest BCUT2D eigenvalue weighted by Gasteiger charge is -2.12. The standard InChI is InChI=1S/C15H20BrF2NO2S/c1-2-3-7-22-8-6-14(20)19-10-11-9-12(16)4-5-13(11)21-15(17)18/h4-5,9,15H,2-3,6-8,10H2,1H3,(H,19,20). The normalized spacial score (nSPS) is 10.8. The summed E-state index contributed by atoms with van der Waals surface area (Å²) in [5, 5.41) is 2.73. The van der Waals surface area contributed by atoms with Gasteiger partial charge >= 0.3 is 6.61 Å². The molecule has 0 fully saturated rings. The molecule has 7 heteroatoms. The van der Waals surface area contributed by atoms with E-state index in [4.69, 9.17) is 0 Å². The Bertz CT molecular complexity index is 475. The number of carbonyl (C=O) groups is 1. The monoisotopic (exact) mass is 395 g/mol. The van der Waals surface area contributed by atoms with E-state index in [1.807, 2.05) is 0 Å². The van der Waals surface area contributed by atoms with Crippen LogP contribution in [0.3, 0.4) is 0 Å². The van der Waals surface area contributed by atoms with E-state index in [1.165, 1.54) is 6.07 Å². The minimum atomic E-state index is -2.88. The molecule has 0 aromatic heterocycles. The highest BCUT2D eigenvalue weighted by molar-refractivity contribution is 9.10. The van der Waals surface area contributed by atoms with Crippen LogP contribution in [0.4, 0.5) is 8.78 Å². The number of thioether (sulfide) groups is 1. The molecule has 0 aliphatic heterocycles. The first-order valence-electron chi connectivity index (χ1n) is 7.10. The lowest BCUT2D eigenvalue weighted by Crippen LogP contribution is -2.23. The zero-order chi connectivity index (χ0) is 16.4. The highest BCUT2D eigenvalue weighted by Gasteiger charge is 2.11. The number of amides is 1. The van der Waals surface area contributed by atoms with Crippen molar-refractivity contribution in [2.75, 3.05) is 11.5 Å². The van der Waals surface area contributed by atoms with E-state index in [-0.39, 0.29) is 18.2 Å². The minimum absolute atomic E-state index is 0.0795. The van der Waals surface area contributed by atoms with Gasteiger partial charge in [-0.3, -0.25) is 4.79 Å². The Hall–Kier alpha value is -0.820. The van der Waals surface area contributed by atoms with Gasteiger partial charge in [0.1, 0.15) is 5.75 Å². The molecule has 22 heavy (non-hydrogen) atoms. The van der Waals surface area contributed by atoms with Crippen LogP contribution >= 0.6 is 27.7 Å². The number of ether oxygens (including phenoxy) is 1. The van der Waals surface area contributed by atoms with E-state index in [2.05, 4.69) is 32.9 Å². The first-order chi connectivity index (χ1) is 10.5. The Morgan fingerprint density at radius 1 is 1.41 bits per heavy atom. The number of carbonyl (C=O) groups excluding carboxylic acids is 1. The van der Waals surface area contributed by atoms with Gasteiger partial charge in [-0.2, -0.15) is 20.5 Å². The third kappa shape index (κ3) is 7.98. The molecule has 0 bridgehead atoms. The third-order valence-corrected chi connectivity index (χ3v) is 4.39. The van der Waals surface area contributed by atoms with Crippen LogP contribution in [0.25, 0.3) is 0 Å². The maximum absolute atomic E-state index is 12.3. The van der Waals surface area contributed by atoms with E-state index in [0.717, 1.165) is 28.8 Å². The van der Waals surface area contributed by atoms with Crippen molar-refractivity contribution < 1.29 is 18.3 Å². The van der Waals surface area contributed by atoms with Crippen molar-refractivity contribution in [2.45, 2.75) is 39.3 Å². The molecule has 3 nitrogen and oxygen atoms in total. The number of nitrogens with one attached hydrogen (secondary N) is 1. The second-order valence-corrected chi connectivity index (χ2v) is 6.76. The molecule has 1 aromatic carbocycles. The van der Waals surface area contributed by atoms with Crippen molar-refractivity contribution in [1.29, 1.82) is 0 Å². The summed E-state index contributed by atoms with van der Waals surface area (Å²) >= 11 is 5.03. The molecule has 1 aromatic rings. The average molecular weight is 396 g/mol. The quantitative estimate of drug-likeness (QED) is 0.588. The molecule has 0 heterocycles. The fraction of sp³-hybridized carbons (Fsp3) is 0.533. The number of hydrogen-bond acceptors (Lipinski definition) is 3. The largest absolute Gasteiger partial charge is 0.434 e. The van der Waals surface area contributed by atoms with E-state index in [0.29, 0.717) is 12.0 Å². The van der Waals surface area contributed by atoms with Crippen molar-refractivity contribution in [3.63, 3.8) is 0 Å². The van der Waals surface area contributed by atoms with Crippen molar-refractivity contribution >= 4 is 33.6 Å². The minimum Gasteiger partial charge on any atom is -0.434 e. The molecule has 0 radical (unpaired) electrons. The molecule has 0 saturated heterocycles. The van der Waals surface area contributed by atoms with Gasteiger partial charge in [0.25, 0.3) is 0 Å². The van der Waals surface area contributed by atoms with Crippen molar-refractivity contribution in [1.82, 2.24) is 5.32 Å². The molecule has 0 saturated carbocycles. The van der Waals surface area contributed by atoms with Crippen LogP contribution in [-0.4, -0.2) is 24.0 Å². The number of alkyl halides is 2. The maximum Gasteiger partial charge on any atom is 0.387 e. The van der Waals surface area contributed by atoms with Gasteiger partial charge in [-0.1, -0.05) is 29.3 Å². The van der Waals surface area contributed by atoms with Gasteiger partial charge in [0.05, 0.1) is 0 Å². The third-order valence-electron chi connectivity index (χ3n) is 2.83. The summed E-state index contributed by atoms with van der Waals surface area (Å²) in [5.74, 6) is 1.81. The number of halogens is 3.